The van der Waals surface area contributed by atoms with Crippen LogP contribution in [0.3, 0.4) is 0 Å². The van der Waals surface area contributed by atoms with Crippen LogP contribution < -0.4 is 5.32 Å². The first kappa shape index (κ1) is 23.8. The van der Waals surface area contributed by atoms with Crippen LogP contribution in [0.15, 0.2) is 23.1 Å². The highest BCUT2D eigenvalue weighted by Gasteiger charge is 2.52. The lowest BCUT2D eigenvalue weighted by molar-refractivity contribution is -0.134. The molecule has 1 spiro atoms. The summed E-state index contributed by atoms with van der Waals surface area (Å²) >= 11 is 11.9. The SMILES string of the molecule is COCCN1C(=O)[C@@H](CC(C)C)NC12CCN(S(=O)(=O)c1ccc(Cl)c(Cl)c1)CC2. The molecule has 1 aromatic rings. The fraction of sp³-hybridized carbons (Fsp3) is 0.650. The third kappa shape index (κ3) is 4.64. The van der Waals surface area contributed by atoms with Crippen molar-refractivity contribution in [2.24, 2.45) is 5.92 Å². The number of ether oxygens (including phenoxy) is 1. The van der Waals surface area contributed by atoms with Crippen LogP contribution in [0.5, 0.6) is 0 Å². The molecule has 0 aliphatic carbocycles. The standard InChI is InChI=1S/C20H29Cl2N3O4S/c1-14(2)12-18-19(26)25(10-11-29-3)20(23-18)6-8-24(9-7-20)30(27,28)15-4-5-16(21)17(22)13-15/h4-5,13-14,18,23H,6-12H2,1-3H3/t18-/m1/s1. The molecule has 1 atom stereocenters. The molecule has 168 valence electrons. The molecule has 2 aliphatic heterocycles. The van der Waals surface area contributed by atoms with Gasteiger partial charge in [-0.25, -0.2) is 8.42 Å². The van der Waals surface area contributed by atoms with Crippen LogP contribution in [0.4, 0.5) is 0 Å². The number of carbonyl (C=O) groups excluding carboxylic acids is 1. The van der Waals surface area contributed by atoms with E-state index in [-0.39, 0.29) is 21.9 Å². The van der Waals surface area contributed by atoms with Gasteiger partial charge in [-0.3, -0.25) is 10.1 Å². The zero-order chi connectivity index (χ0) is 22.1. The molecule has 10 heteroatoms. The van der Waals surface area contributed by atoms with Crippen LogP contribution in [-0.4, -0.2) is 68.6 Å². The van der Waals surface area contributed by atoms with Gasteiger partial charge in [0.25, 0.3) is 0 Å². The Morgan fingerprint density at radius 1 is 1.23 bits per heavy atom. The topological polar surface area (TPSA) is 79.0 Å². The van der Waals surface area contributed by atoms with Crippen LogP contribution in [-0.2, 0) is 19.6 Å². The van der Waals surface area contributed by atoms with E-state index in [0.29, 0.717) is 50.0 Å². The molecule has 2 aliphatic rings. The summed E-state index contributed by atoms with van der Waals surface area (Å²) in [5.74, 6) is 0.447. The molecule has 7 nitrogen and oxygen atoms in total. The minimum atomic E-state index is -3.69. The minimum absolute atomic E-state index is 0.0709. The summed E-state index contributed by atoms with van der Waals surface area (Å²) in [5.41, 5.74) is -0.543. The summed E-state index contributed by atoms with van der Waals surface area (Å²) in [7, 11) is -2.08. The lowest BCUT2D eigenvalue weighted by Gasteiger charge is -2.44. The highest BCUT2D eigenvalue weighted by atomic mass is 35.5. The number of sulfonamides is 1. The number of hydrogen-bond donors (Lipinski definition) is 1. The molecular weight excluding hydrogens is 449 g/mol. The van der Waals surface area contributed by atoms with Gasteiger partial charge in [0.2, 0.25) is 15.9 Å². The molecule has 1 N–H and O–H groups in total. The van der Waals surface area contributed by atoms with Crippen LogP contribution in [0.25, 0.3) is 0 Å². The van der Waals surface area contributed by atoms with Gasteiger partial charge in [-0.05, 0) is 43.4 Å². The smallest absolute Gasteiger partial charge is 0.243 e. The monoisotopic (exact) mass is 477 g/mol. The predicted octanol–water partition coefficient (Wildman–Crippen LogP) is 2.97. The number of amides is 1. The van der Waals surface area contributed by atoms with Crippen molar-refractivity contribution >= 4 is 39.1 Å². The van der Waals surface area contributed by atoms with Gasteiger partial charge in [0, 0.05) is 26.7 Å². The second-order valence-corrected chi connectivity index (χ2v) is 11.1. The quantitative estimate of drug-likeness (QED) is 0.652. The molecule has 0 saturated carbocycles. The highest BCUT2D eigenvalue weighted by molar-refractivity contribution is 7.89. The van der Waals surface area contributed by atoms with Crippen LogP contribution >= 0.6 is 23.2 Å². The number of nitrogens with one attached hydrogen (secondary N) is 1. The summed E-state index contributed by atoms with van der Waals surface area (Å²) in [5, 5.41) is 4.05. The van der Waals surface area contributed by atoms with Crippen LogP contribution in [0.2, 0.25) is 10.0 Å². The molecule has 2 saturated heterocycles. The van der Waals surface area contributed by atoms with Gasteiger partial charge >= 0.3 is 0 Å². The number of benzene rings is 1. The van der Waals surface area contributed by atoms with Crippen molar-refractivity contribution in [1.29, 1.82) is 0 Å². The van der Waals surface area contributed by atoms with E-state index in [2.05, 4.69) is 19.2 Å². The number of nitrogens with zero attached hydrogens (tertiary/aromatic N) is 2. The second-order valence-electron chi connectivity index (χ2n) is 8.32. The molecule has 2 heterocycles. The predicted molar refractivity (Wildman–Crippen MR) is 117 cm³/mol. The number of rotatable bonds is 7. The zero-order valence-electron chi connectivity index (χ0n) is 17.5. The van der Waals surface area contributed by atoms with Crippen molar-refractivity contribution in [2.75, 3.05) is 33.4 Å². The third-order valence-electron chi connectivity index (χ3n) is 5.83. The summed E-state index contributed by atoms with van der Waals surface area (Å²) in [6, 6.07) is 4.09. The van der Waals surface area contributed by atoms with Crippen LogP contribution in [0, 0.1) is 5.92 Å². The van der Waals surface area contributed by atoms with E-state index in [9.17, 15) is 13.2 Å². The molecule has 1 aromatic carbocycles. The van der Waals surface area contributed by atoms with Crippen molar-refractivity contribution in [3.05, 3.63) is 28.2 Å². The Labute approximate surface area is 188 Å². The Kier molecular flexibility index (Phi) is 7.37. The number of halogens is 2. The highest BCUT2D eigenvalue weighted by Crippen LogP contribution is 2.36. The first-order chi connectivity index (χ1) is 14.1. The molecule has 3 rings (SSSR count). The average Bonchev–Trinajstić information content (AvgIpc) is 2.92. The Balaban J connectivity index is 1.78. The fourth-order valence-electron chi connectivity index (χ4n) is 4.30. The first-order valence-electron chi connectivity index (χ1n) is 10.1. The summed E-state index contributed by atoms with van der Waals surface area (Å²) in [6.45, 7) is 5.71. The number of hydrogen-bond acceptors (Lipinski definition) is 5. The van der Waals surface area contributed by atoms with Crippen LogP contribution in [0.1, 0.15) is 33.1 Å². The lowest BCUT2D eigenvalue weighted by atomic mass is 9.97. The van der Waals surface area contributed by atoms with Gasteiger partial charge < -0.3 is 9.64 Å². The second kappa shape index (κ2) is 9.30. The van der Waals surface area contributed by atoms with Gasteiger partial charge in [-0.15, -0.1) is 0 Å². The average molecular weight is 478 g/mol. The van der Waals surface area contributed by atoms with E-state index in [1.807, 2.05) is 4.90 Å². The van der Waals surface area contributed by atoms with E-state index in [1.165, 1.54) is 22.5 Å². The van der Waals surface area contributed by atoms with Crippen molar-refractivity contribution in [3.8, 4) is 0 Å². The third-order valence-corrected chi connectivity index (χ3v) is 8.46. The van der Waals surface area contributed by atoms with E-state index < -0.39 is 15.7 Å². The van der Waals surface area contributed by atoms with E-state index in [1.54, 1.807) is 7.11 Å². The Morgan fingerprint density at radius 3 is 2.47 bits per heavy atom. The molecule has 1 amide bonds. The molecule has 0 radical (unpaired) electrons. The van der Waals surface area contributed by atoms with E-state index in [0.717, 1.165) is 6.42 Å². The number of piperidine rings is 1. The first-order valence-corrected chi connectivity index (χ1v) is 12.3. The van der Waals surface area contributed by atoms with E-state index in [4.69, 9.17) is 27.9 Å². The maximum absolute atomic E-state index is 13.1. The van der Waals surface area contributed by atoms with Gasteiger partial charge in [-0.1, -0.05) is 37.0 Å². The van der Waals surface area contributed by atoms with Gasteiger partial charge in [0.05, 0.1) is 33.3 Å². The summed E-state index contributed by atoms with van der Waals surface area (Å²) < 4.78 is 32.8. The summed E-state index contributed by atoms with van der Waals surface area (Å²) in [6.07, 6.45) is 1.77. The van der Waals surface area contributed by atoms with Gasteiger partial charge in [-0.2, -0.15) is 4.31 Å². The molecule has 0 bridgehead atoms. The van der Waals surface area contributed by atoms with E-state index >= 15 is 0 Å². The normalized spacial score (nSPS) is 22.4. The minimum Gasteiger partial charge on any atom is -0.383 e. The Morgan fingerprint density at radius 2 is 1.90 bits per heavy atom. The number of carbonyl (C=O) groups is 1. The van der Waals surface area contributed by atoms with Crippen molar-refractivity contribution in [2.45, 2.75) is 49.7 Å². The molecule has 0 aromatic heterocycles. The fourth-order valence-corrected chi connectivity index (χ4v) is 6.13. The van der Waals surface area contributed by atoms with Gasteiger partial charge in [0.1, 0.15) is 0 Å². The van der Waals surface area contributed by atoms with Crippen molar-refractivity contribution < 1.29 is 17.9 Å². The Bertz CT molecular complexity index is 886. The largest absolute Gasteiger partial charge is 0.383 e. The van der Waals surface area contributed by atoms with Crippen molar-refractivity contribution in [1.82, 2.24) is 14.5 Å². The van der Waals surface area contributed by atoms with Crippen molar-refractivity contribution in [3.63, 3.8) is 0 Å². The zero-order valence-corrected chi connectivity index (χ0v) is 19.9. The molecule has 30 heavy (non-hydrogen) atoms. The molecular formula is C20H29Cl2N3O4S. The Hall–Kier alpha value is -0.900. The molecule has 0 unspecified atom stereocenters. The van der Waals surface area contributed by atoms with Gasteiger partial charge in [0.15, 0.2) is 0 Å². The maximum Gasteiger partial charge on any atom is 0.243 e. The molecule has 2 fully saturated rings. The summed E-state index contributed by atoms with van der Waals surface area (Å²) in [4.78, 5) is 15.0. The number of methoxy groups -OCH3 is 1. The maximum atomic E-state index is 13.1. The lowest BCUT2D eigenvalue weighted by Crippen LogP contribution is -2.60.